The Morgan fingerprint density at radius 3 is 2.79 bits per heavy atom. The lowest BCUT2D eigenvalue weighted by Gasteiger charge is -2.07. The molecule has 2 rings (SSSR count). The van der Waals surface area contributed by atoms with Crippen LogP contribution in [0, 0.1) is 12.7 Å². The second-order valence-corrected chi connectivity index (χ2v) is 6.00. The van der Waals surface area contributed by atoms with E-state index >= 15 is 0 Å². The van der Waals surface area contributed by atoms with Crippen LogP contribution in [0.4, 0.5) is 10.1 Å². The summed E-state index contributed by atoms with van der Waals surface area (Å²) in [5.74, 6) is -0.806. The standard InChI is InChI=1S/C13H12BrFN2OS/c1-7-11(15)2-8(3-12(7)16)13(18)17-5-10-4-9(14)6-19-10/h2-4,6H,5,16H2,1H3,(H,17,18). The molecule has 19 heavy (non-hydrogen) atoms. The van der Waals surface area contributed by atoms with Crippen LogP contribution < -0.4 is 11.1 Å². The van der Waals surface area contributed by atoms with Gasteiger partial charge in [-0.1, -0.05) is 0 Å². The Balaban J connectivity index is 2.08. The fourth-order valence-corrected chi connectivity index (χ4v) is 2.94. The predicted octanol–water partition coefficient (Wildman–Crippen LogP) is 3.47. The molecule has 6 heteroatoms. The van der Waals surface area contributed by atoms with E-state index in [2.05, 4.69) is 21.2 Å². The van der Waals surface area contributed by atoms with Gasteiger partial charge >= 0.3 is 0 Å². The number of carbonyl (C=O) groups excluding carboxylic acids is 1. The van der Waals surface area contributed by atoms with Crippen molar-refractivity contribution in [2.24, 2.45) is 0 Å². The van der Waals surface area contributed by atoms with Crippen molar-refractivity contribution in [2.75, 3.05) is 5.73 Å². The smallest absolute Gasteiger partial charge is 0.251 e. The highest BCUT2D eigenvalue weighted by Crippen LogP contribution is 2.20. The average Bonchev–Trinajstić information content (AvgIpc) is 2.78. The van der Waals surface area contributed by atoms with Crippen molar-refractivity contribution in [1.29, 1.82) is 0 Å². The van der Waals surface area contributed by atoms with Crippen LogP contribution in [-0.2, 0) is 6.54 Å². The van der Waals surface area contributed by atoms with Crippen molar-refractivity contribution in [3.63, 3.8) is 0 Å². The monoisotopic (exact) mass is 342 g/mol. The number of anilines is 1. The highest BCUT2D eigenvalue weighted by atomic mass is 79.9. The summed E-state index contributed by atoms with van der Waals surface area (Å²) in [5, 5.41) is 4.67. The molecule has 0 radical (unpaired) electrons. The fraction of sp³-hybridized carbons (Fsp3) is 0.154. The minimum absolute atomic E-state index is 0.233. The van der Waals surface area contributed by atoms with E-state index < -0.39 is 5.82 Å². The first kappa shape index (κ1) is 14.0. The van der Waals surface area contributed by atoms with Crippen molar-refractivity contribution in [3.05, 3.63) is 49.9 Å². The highest BCUT2D eigenvalue weighted by Gasteiger charge is 2.11. The number of hydrogen-bond acceptors (Lipinski definition) is 3. The van der Waals surface area contributed by atoms with Gasteiger partial charge in [0.15, 0.2) is 0 Å². The molecule has 2 aromatic rings. The summed E-state index contributed by atoms with van der Waals surface area (Å²) in [6.45, 7) is 1.99. The van der Waals surface area contributed by atoms with E-state index in [9.17, 15) is 9.18 Å². The molecule has 0 bridgehead atoms. The molecule has 0 aliphatic carbocycles. The number of carbonyl (C=O) groups is 1. The third-order valence-electron chi connectivity index (χ3n) is 2.69. The molecular weight excluding hydrogens is 331 g/mol. The third-order valence-corrected chi connectivity index (χ3v) is 4.39. The van der Waals surface area contributed by atoms with E-state index in [1.165, 1.54) is 23.5 Å². The molecule has 1 aromatic carbocycles. The number of benzene rings is 1. The average molecular weight is 343 g/mol. The molecular formula is C13H12BrFN2OS. The number of amides is 1. The summed E-state index contributed by atoms with van der Waals surface area (Å²) >= 11 is 4.88. The van der Waals surface area contributed by atoms with Crippen LogP contribution in [0.5, 0.6) is 0 Å². The van der Waals surface area contributed by atoms with E-state index in [0.29, 0.717) is 12.1 Å². The van der Waals surface area contributed by atoms with Crippen molar-refractivity contribution in [2.45, 2.75) is 13.5 Å². The van der Waals surface area contributed by atoms with Crippen molar-refractivity contribution < 1.29 is 9.18 Å². The quantitative estimate of drug-likeness (QED) is 0.839. The molecule has 3 N–H and O–H groups in total. The van der Waals surface area contributed by atoms with Crippen molar-refractivity contribution >= 4 is 38.9 Å². The molecule has 0 aliphatic rings. The van der Waals surface area contributed by atoms with Gasteiger partial charge in [0.05, 0.1) is 6.54 Å². The summed E-state index contributed by atoms with van der Waals surface area (Å²) in [4.78, 5) is 12.9. The second kappa shape index (κ2) is 5.71. The van der Waals surface area contributed by atoms with Gasteiger partial charge < -0.3 is 11.1 Å². The van der Waals surface area contributed by atoms with Gasteiger partial charge in [-0.15, -0.1) is 11.3 Å². The summed E-state index contributed by atoms with van der Waals surface area (Å²) in [5.41, 5.74) is 6.52. The van der Waals surface area contributed by atoms with Crippen LogP contribution in [0.25, 0.3) is 0 Å². The van der Waals surface area contributed by atoms with E-state index in [4.69, 9.17) is 5.73 Å². The lowest BCUT2D eigenvalue weighted by atomic mass is 10.1. The number of thiophene rings is 1. The predicted molar refractivity (Wildman–Crippen MR) is 78.7 cm³/mol. The number of nitrogens with one attached hydrogen (secondary N) is 1. The lowest BCUT2D eigenvalue weighted by molar-refractivity contribution is 0.0951. The van der Waals surface area contributed by atoms with Crippen LogP contribution in [0.2, 0.25) is 0 Å². The molecule has 1 aromatic heterocycles. The zero-order valence-electron chi connectivity index (χ0n) is 10.2. The Morgan fingerprint density at radius 2 is 2.21 bits per heavy atom. The summed E-state index contributed by atoms with van der Waals surface area (Å²) in [6, 6.07) is 4.61. The van der Waals surface area contributed by atoms with E-state index in [-0.39, 0.29) is 17.2 Å². The topological polar surface area (TPSA) is 55.1 Å². The van der Waals surface area contributed by atoms with Gasteiger partial charge in [0.25, 0.3) is 5.91 Å². The van der Waals surface area contributed by atoms with E-state index in [0.717, 1.165) is 9.35 Å². The van der Waals surface area contributed by atoms with Gasteiger partial charge in [0.1, 0.15) is 5.82 Å². The zero-order valence-corrected chi connectivity index (χ0v) is 12.6. The Kier molecular flexibility index (Phi) is 4.21. The maximum Gasteiger partial charge on any atom is 0.251 e. The maximum atomic E-state index is 13.5. The molecule has 3 nitrogen and oxygen atoms in total. The normalized spacial score (nSPS) is 10.5. The molecule has 0 atom stereocenters. The van der Waals surface area contributed by atoms with Crippen LogP contribution in [0.3, 0.4) is 0 Å². The van der Waals surface area contributed by atoms with Gasteiger partial charge in [-0.2, -0.15) is 0 Å². The highest BCUT2D eigenvalue weighted by molar-refractivity contribution is 9.10. The minimum Gasteiger partial charge on any atom is -0.398 e. The third kappa shape index (κ3) is 3.33. The molecule has 0 saturated heterocycles. The Labute approximate surface area is 122 Å². The maximum absolute atomic E-state index is 13.5. The van der Waals surface area contributed by atoms with Crippen LogP contribution >= 0.6 is 27.3 Å². The molecule has 0 unspecified atom stereocenters. The Bertz CT molecular complexity index is 604. The Morgan fingerprint density at radius 1 is 1.47 bits per heavy atom. The minimum atomic E-state index is -0.469. The van der Waals surface area contributed by atoms with Crippen LogP contribution in [-0.4, -0.2) is 5.91 Å². The van der Waals surface area contributed by atoms with Crippen LogP contribution in [0.1, 0.15) is 20.8 Å². The van der Waals surface area contributed by atoms with Crippen LogP contribution in [0.15, 0.2) is 28.1 Å². The van der Waals surface area contributed by atoms with Crippen molar-refractivity contribution in [1.82, 2.24) is 5.32 Å². The van der Waals surface area contributed by atoms with Gasteiger partial charge in [0, 0.05) is 31.5 Å². The van der Waals surface area contributed by atoms with Gasteiger partial charge in [-0.25, -0.2) is 4.39 Å². The molecule has 0 spiro atoms. The zero-order chi connectivity index (χ0) is 14.0. The first-order valence-corrected chi connectivity index (χ1v) is 7.21. The summed E-state index contributed by atoms with van der Waals surface area (Å²) < 4.78 is 14.5. The van der Waals surface area contributed by atoms with Gasteiger partial charge in [0.2, 0.25) is 0 Å². The number of nitrogen functional groups attached to an aromatic ring is 1. The first-order chi connectivity index (χ1) is 8.97. The number of hydrogen-bond donors (Lipinski definition) is 2. The molecule has 100 valence electrons. The second-order valence-electron chi connectivity index (χ2n) is 4.09. The van der Waals surface area contributed by atoms with E-state index in [1.54, 1.807) is 6.92 Å². The number of rotatable bonds is 3. The van der Waals surface area contributed by atoms with Gasteiger partial charge in [-0.05, 0) is 41.1 Å². The SMILES string of the molecule is Cc1c(N)cc(C(=O)NCc2cc(Br)cs2)cc1F. The summed E-state index contributed by atoms with van der Waals surface area (Å²) in [7, 11) is 0. The van der Waals surface area contributed by atoms with Gasteiger partial charge in [-0.3, -0.25) is 4.79 Å². The molecule has 1 heterocycles. The molecule has 1 amide bonds. The molecule has 0 saturated carbocycles. The van der Waals surface area contributed by atoms with E-state index in [1.807, 2.05) is 11.4 Å². The first-order valence-electron chi connectivity index (χ1n) is 5.54. The molecule has 0 aliphatic heterocycles. The summed E-state index contributed by atoms with van der Waals surface area (Å²) in [6.07, 6.45) is 0. The number of halogens is 2. The Hall–Kier alpha value is -1.40. The fourth-order valence-electron chi connectivity index (χ4n) is 1.55. The largest absolute Gasteiger partial charge is 0.398 e. The number of nitrogens with two attached hydrogens (primary N) is 1. The van der Waals surface area contributed by atoms with Crippen molar-refractivity contribution in [3.8, 4) is 0 Å². The molecule has 0 fully saturated rings. The lowest BCUT2D eigenvalue weighted by Crippen LogP contribution is -2.22.